The van der Waals surface area contributed by atoms with Crippen LogP contribution in [0.3, 0.4) is 0 Å². The van der Waals surface area contributed by atoms with E-state index < -0.39 is 5.09 Å². The van der Waals surface area contributed by atoms with Crippen LogP contribution in [0.5, 0.6) is 0 Å². The molecule has 10 nitrogen and oxygen atoms in total. The molecule has 0 aliphatic heterocycles. The average molecular weight is 263 g/mol. The van der Waals surface area contributed by atoms with Crippen molar-refractivity contribution < 1.29 is 9.92 Å². The highest BCUT2D eigenvalue weighted by Gasteiger charge is 1.95. The van der Waals surface area contributed by atoms with Crippen molar-refractivity contribution in [3.8, 4) is 0 Å². The van der Waals surface area contributed by atoms with Gasteiger partial charge in [-0.3, -0.25) is 4.84 Å². The molecule has 0 aromatic heterocycles. The number of nitrogens with one attached hydrogen (secondary N) is 1. The van der Waals surface area contributed by atoms with E-state index in [9.17, 15) is 0 Å². The van der Waals surface area contributed by atoms with Crippen molar-refractivity contribution in [3.05, 3.63) is 15.3 Å². The van der Waals surface area contributed by atoms with E-state index in [1.165, 1.54) is 0 Å². The Labute approximate surface area is 105 Å². The summed E-state index contributed by atoms with van der Waals surface area (Å²) in [5.41, 5.74) is 13.0. The number of hydrogen-bond acceptors (Lipinski definition) is 5. The third-order valence-electron chi connectivity index (χ3n) is 1.31. The maximum absolute atomic E-state index is 8.25. The molecule has 5 N–H and O–H groups in total. The van der Waals surface area contributed by atoms with Crippen molar-refractivity contribution in [2.75, 3.05) is 13.2 Å². The second-order valence-electron chi connectivity index (χ2n) is 2.86. The summed E-state index contributed by atoms with van der Waals surface area (Å²) in [6.07, 6.45) is 2.05. The van der Waals surface area contributed by atoms with Gasteiger partial charge in [-0.15, -0.1) is 0 Å². The molecule has 0 amide bonds. The lowest BCUT2D eigenvalue weighted by molar-refractivity contribution is -0.402. The van der Waals surface area contributed by atoms with Gasteiger partial charge in [-0.1, -0.05) is 13.3 Å². The second-order valence-corrected chi connectivity index (χ2v) is 2.86. The first-order valence-corrected chi connectivity index (χ1v) is 5.27. The Morgan fingerprint density at radius 1 is 1.39 bits per heavy atom. The quantitative estimate of drug-likeness (QED) is 0.201. The van der Waals surface area contributed by atoms with Crippen LogP contribution in [0.2, 0.25) is 0 Å². The van der Waals surface area contributed by atoms with Crippen LogP contribution >= 0.6 is 0 Å². The van der Waals surface area contributed by atoms with E-state index >= 15 is 0 Å². The van der Waals surface area contributed by atoms with Gasteiger partial charge >= 0.3 is 0 Å². The van der Waals surface area contributed by atoms with Crippen LogP contribution in [0, 0.1) is 15.3 Å². The number of rotatable bonds is 5. The van der Waals surface area contributed by atoms with E-state index in [0.29, 0.717) is 19.1 Å². The van der Waals surface area contributed by atoms with Crippen LogP contribution < -0.4 is 16.9 Å². The van der Waals surface area contributed by atoms with E-state index in [1.54, 1.807) is 0 Å². The maximum atomic E-state index is 8.25. The Hall–Kier alpha value is -2.10. The second kappa shape index (κ2) is 13.0. The lowest BCUT2D eigenvalue weighted by atomic mass is 10.4. The summed E-state index contributed by atoms with van der Waals surface area (Å²) in [6.45, 7) is 5.17. The van der Waals surface area contributed by atoms with Crippen molar-refractivity contribution in [2.24, 2.45) is 21.5 Å². The minimum Gasteiger partial charge on any atom is -0.370 e. The molecule has 10 heteroatoms. The summed E-state index contributed by atoms with van der Waals surface area (Å²) in [7, 11) is 0. The van der Waals surface area contributed by atoms with Gasteiger partial charge in [0.25, 0.3) is 0 Å². The molecular weight excluding hydrogens is 244 g/mol. The van der Waals surface area contributed by atoms with Gasteiger partial charge in [0.05, 0.1) is 11.7 Å². The van der Waals surface area contributed by atoms with E-state index in [-0.39, 0.29) is 5.96 Å². The van der Waals surface area contributed by atoms with Crippen LogP contribution in [-0.2, 0) is 4.84 Å². The summed E-state index contributed by atoms with van der Waals surface area (Å²) < 4.78 is 0. The van der Waals surface area contributed by atoms with Gasteiger partial charge < -0.3 is 26.8 Å². The maximum Gasteiger partial charge on any atom is 0.245 e. The number of guanidine groups is 2. The number of nitrogens with two attached hydrogens (primary N) is 2. The predicted octanol–water partition coefficient (Wildman–Crippen LogP) is -0.282. The topological polar surface area (TPSA) is 164 Å². The van der Waals surface area contributed by atoms with Gasteiger partial charge in [-0.25, -0.2) is 10.5 Å². The average Bonchev–Trinajstić information content (AvgIpc) is 2.23. The highest BCUT2D eigenvalue weighted by atomic mass is 16.9. The third kappa shape index (κ3) is 19.5. The molecule has 0 unspecified atom stereocenters. The van der Waals surface area contributed by atoms with Crippen molar-refractivity contribution >= 4 is 11.9 Å². The fourth-order valence-corrected chi connectivity index (χ4v) is 0.695. The zero-order chi connectivity index (χ0) is 14.4. The number of aliphatic imine (C=N–C) groups is 2. The first kappa shape index (κ1) is 18.3. The van der Waals surface area contributed by atoms with Crippen molar-refractivity contribution in [1.29, 1.82) is 0 Å². The monoisotopic (exact) mass is 263 g/mol. The number of hydrogen-bond donors (Lipinski definition) is 3. The van der Waals surface area contributed by atoms with Gasteiger partial charge in [-0.2, -0.15) is 4.99 Å². The largest absolute Gasteiger partial charge is 0.370 e. The Morgan fingerprint density at radius 2 is 1.94 bits per heavy atom. The lowest BCUT2D eigenvalue weighted by Gasteiger charge is -2.05. The van der Waals surface area contributed by atoms with Crippen LogP contribution in [-0.4, -0.2) is 30.2 Å². The first-order chi connectivity index (χ1) is 8.43. The van der Waals surface area contributed by atoms with Gasteiger partial charge in [0, 0.05) is 6.54 Å². The molecule has 0 aromatic rings. The number of unbranched alkanes of at least 4 members (excludes halogenated alkanes) is 1. The highest BCUT2D eigenvalue weighted by Crippen LogP contribution is 1.86. The number of nitrogens with zero attached hydrogens (tertiary/aromatic N) is 3. The molecule has 0 atom stereocenters. The lowest BCUT2D eigenvalue weighted by Crippen LogP contribution is -2.30. The van der Waals surface area contributed by atoms with Gasteiger partial charge in [-0.05, 0) is 13.3 Å². The summed E-state index contributed by atoms with van der Waals surface area (Å²) in [6, 6.07) is 0. The van der Waals surface area contributed by atoms with Crippen LogP contribution in [0.25, 0.3) is 0 Å². The Morgan fingerprint density at radius 3 is 2.33 bits per heavy atom. The zero-order valence-electron chi connectivity index (χ0n) is 10.5. The van der Waals surface area contributed by atoms with Crippen molar-refractivity contribution in [3.63, 3.8) is 0 Å². The molecule has 0 rings (SSSR count). The molecule has 18 heavy (non-hydrogen) atoms. The van der Waals surface area contributed by atoms with E-state index in [1.807, 2.05) is 6.92 Å². The van der Waals surface area contributed by atoms with Gasteiger partial charge in [0.2, 0.25) is 5.96 Å². The minimum atomic E-state index is -1.75. The highest BCUT2D eigenvalue weighted by molar-refractivity contribution is 5.92. The molecule has 0 aliphatic rings. The fourth-order valence-electron chi connectivity index (χ4n) is 0.695. The molecule has 106 valence electrons. The summed E-state index contributed by atoms with van der Waals surface area (Å²) in [4.78, 5) is 21.1. The third-order valence-corrected chi connectivity index (χ3v) is 1.31. The van der Waals surface area contributed by atoms with Gasteiger partial charge in [0.1, 0.15) is 0 Å². The molecule has 0 heterocycles. The van der Waals surface area contributed by atoms with Crippen molar-refractivity contribution in [2.45, 2.75) is 26.7 Å². The Balaban J connectivity index is 0. The molecule has 0 bridgehead atoms. The molecule has 0 saturated carbocycles. The number of hydroxylamine groups is 1. The Kier molecular flexibility index (Phi) is 13.2. The Bertz CT molecular complexity index is 273. The summed E-state index contributed by atoms with van der Waals surface area (Å²) >= 11 is 0. The molecule has 0 saturated heterocycles. The van der Waals surface area contributed by atoms with Crippen LogP contribution in [0.15, 0.2) is 9.98 Å². The standard InChI is InChI=1S/C8H19N5O.NO3/c1-3-5-6-14-13-8(11-4-2)12-7(9)10;2-1(3)4/h3-6H2,1-2H3,(H5,9,10,11,12,13);/q;-1. The smallest absolute Gasteiger partial charge is 0.245 e. The SMILES string of the molecule is CCCCONC(N=C(N)N)=NCC.O=[N+]([O-])[O-]. The van der Waals surface area contributed by atoms with E-state index in [4.69, 9.17) is 31.6 Å². The molecule has 0 radical (unpaired) electrons. The minimum absolute atomic E-state index is 0.0382. The molecule has 0 spiro atoms. The van der Waals surface area contributed by atoms with Crippen molar-refractivity contribution in [1.82, 2.24) is 5.48 Å². The molecular formula is C8H19N6O4-. The van der Waals surface area contributed by atoms with Crippen LogP contribution in [0.1, 0.15) is 26.7 Å². The molecule has 0 aliphatic carbocycles. The van der Waals surface area contributed by atoms with Crippen LogP contribution in [0.4, 0.5) is 0 Å². The zero-order valence-corrected chi connectivity index (χ0v) is 10.5. The van der Waals surface area contributed by atoms with E-state index in [0.717, 1.165) is 12.8 Å². The van der Waals surface area contributed by atoms with Gasteiger partial charge in [0.15, 0.2) is 5.96 Å². The van der Waals surface area contributed by atoms with E-state index in [2.05, 4.69) is 22.4 Å². The molecule has 0 aromatic carbocycles. The fraction of sp³-hybridized carbons (Fsp3) is 0.750. The first-order valence-electron chi connectivity index (χ1n) is 5.27. The summed E-state index contributed by atoms with van der Waals surface area (Å²) in [5, 5.41) is 14.8. The summed E-state index contributed by atoms with van der Waals surface area (Å²) in [5.74, 6) is 0.271. The molecule has 0 fully saturated rings. The predicted molar refractivity (Wildman–Crippen MR) is 68.1 cm³/mol. The normalized spacial score (nSPS) is 10.0.